The number of benzene rings is 1. The van der Waals surface area contributed by atoms with E-state index in [0.29, 0.717) is 15.7 Å². The summed E-state index contributed by atoms with van der Waals surface area (Å²) in [6.45, 7) is 2.01. The largest absolute Gasteiger partial charge is 0.300 e. The molecule has 8 heteroatoms. The Kier molecular flexibility index (Phi) is 4.59. The molecule has 0 saturated carbocycles. The Labute approximate surface area is 158 Å². The first-order chi connectivity index (χ1) is 12.7. The molecule has 4 aromatic rings. The number of aromatic nitrogens is 4. The second kappa shape index (κ2) is 7.19. The molecule has 0 atom stereocenters. The number of rotatable bonds is 5. The first kappa shape index (κ1) is 16.6. The fraction of sp³-hybridized carbons (Fsp3) is 0.111. The summed E-state index contributed by atoms with van der Waals surface area (Å²) >= 11 is 2.74. The van der Waals surface area contributed by atoms with Crippen molar-refractivity contribution >= 4 is 33.7 Å². The third kappa shape index (κ3) is 3.29. The van der Waals surface area contributed by atoms with Crippen molar-refractivity contribution in [1.29, 1.82) is 0 Å². The second-order valence-corrected chi connectivity index (χ2v) is 7.48. The van der Waals surface area contributed by atoms with Crippen molar-refractivity contribution in [2.75, 3.05) is 5.32 Å². The molecule has 3 heterocycles. The summed E-state index contributed by atoms with van der Waals surface area (Å²) in [7, 11) is 0. The van der Waals surface area contributed by atoms with Crippen molar-refractivity contribution in [1.82, 2.24) is 19.7 Å². The van der Waals surface area contributed by atoms with E-state index in [1.165, 1.54) is 22.7 Å². The van der Waals surface area contributed by atoms with Gasteiger partial charge in [-0.1, -0.05) is 59.9 Å². The van der Waals surface area contributed by atoms with Crippen LogP contribution in [0.2, 0.25) is 0 Å². The van der Waals surface area contributed by atoms with E-state index in [9.17, 15) is 4.79 Å². The number of thiazole rings is 1. The van der Waals surface area contributed by atoms with Gasteiger partial charge in [-0.3, -0.25) is 10.1 Å². The van der Waals surface area contributed by atoms with Crippen LogP contribution < -0.4 is 5.32 Å². The summed E-state index contributed by atoms with van der Waals surface area (Å²) in [5.74, 6) is -0.224. The molecule has 0 fully saturated rings. The molecule has 1 amide bonds. The Balaban J connectivity index is 1.72. The van der Waals surface area contributed by atoms with Gasteiger partial charge < -0.3 is 4.57 Å². The molecule has 4 rings (SSSR count). The zero-order valence-corrected chi connectivity index (χ0v) is 15.5. The van der Waals surface area contributed by atoms with Gasteiger partial charge in [-0.05, 0) is 18.6 Å². The highest BCUT2D eigenvalue weighted by Crippen LogP contribution is 2.31. The highest BCUT2D eigenvalue weighted by molar-refractivity contribution is 7.17. The van der Waals surface area contributed by atoms with E-state index in [1.54, 1.807) is 0 Å². The summed E-state index contributed by atoms with van der Waals surface area (Å²) in [6, 6.07) is 13.6. The van der Waals surface area contributed by atoms with E-state index in [2.05, 4.69) is 15.5 Å². The first-order valence-electron chi connectivity index (χ1n) is 8.08. The van der Waals surface area contributed by atoms with E-state index in [4.69, 9.17) is 4.98 Å². The van der Waals surface area contributed by atoms with E-state index < -0.39 is 0 Å². The maximum absolute atomic E-state index is 12.9. The molecule has 6 nitrogen and oxygen atoms in total. The lowest BCUT2D eigenvalue weighted by Gasteiger charge is -2.02. The molecule has 0 aliphatic rings. The molecule has 0 bridgehead atoms. The third-order valence-corrected chi connectivity index (χ3v) is 5.73. The molecule has 1 N–H and O–H groups in total. The van der Waals surface area contributed by atoms with Gasteiger partial charge in [0, 0.05) is 18.0 Å². The van der Waals surface area contributed by atoms with Crippen LogP contribution in [-0.2, 0) is 6.42 Å². The smallest absolute Gasteiger partial charge is 0.269 e. The van der Waals surface area contributed by atoms with Crippen molar-refractivity contribution in [2.45, 2.75) is 13.3 Å². The molecule has 0 unspecified atom stereocenters. The highest BCUT2D eigenvalue weighted by Gasteiger charge is 2.21. The van der Waals surface area contributed by atoms with Crippen molar-refractivity contribution in [3.8, 4) is 16.4 Å². The van der Waals surface area contributed by atoms with Crippen LogP contribution in [0, 0.1) is 0 Å². The minimum atomic E-state index is -0.224. The average molecular weight is 381 g/mol. The molecule has 3 aromatic heterocycles. The fourth-order valence-corrected chi connectivity index (χ4v) is 4.05. The molecule has 26 heavy (non-hydrogen) atoms. The molecule has 0 aliphatic carbocycles. The van der Waals surface area contributed by atoms with Gasteiger partial charge in [-0.25, -0.2) is 4.98 Å². The predicted molar refractivity (Wildman–Crippen MR) is 104 cm³/mol. The van der Waals surface area contributed by atoms with Gasteiger partial charge in [-0.15, -0.1) is 10.2 Å². The molecular weight excluding hydrogens is 366 g/mol. The summed E-state index contributed by atoms with van der Waals surface area (Å²) in [6.07, 6.45) is 4.61. The van der Waals surface area contributed by atoms with Crippen LogP contribution in [0.25, 0.3) is 16.4 Å². The second-order valence-electron chi connectivity index (χ2n) is 5.44. The number of amides is 1. The van der Waals surface area contributed by atoms with Crippen LogP contribution in [0.1, 0.15) is 21.6 Å². The average Bonchev–Trinajstić information content (AvgIpc) is 3.41. The number of carbonyl (C=O) groups is 1. The predicted octanol–water partition coefficient (Wildman–Crippen LogP) is 4.27. The summed E-state index contributed by atoms with van der Waals surface area (Å²) in [4.78, 5) is 18.1. The van der Waals surface area contributed by atoms with E-state index in [0.717, 1.165) is 22.1 Å². The third-order valence-electron chi connectivity index (χ3n) is 3.68. The number of nitrogens with zero attached hydrogens (tertiary/aromatic N) is 4. The lowest BCUT2D eigenvalue weighted by Crippen LogP contribution is -2.11. The van der Waals surface area contributed by atoms with Gasteiger partial charge in [0.15, 0.2) is 5.13 Å². The summed E-state index contributed by atoms with van der Waals surface area (Å²) < 4.78 is 1.90. The van der Waals surface area contributed by atoms with Crippen LogP contribution in [0.5, 0.6) is 0 Å². The standard InChI is InChI=1S/C18H15N5OS2/c1-2-13-21-22-17(25-13)20-16(24)15-14(12-8-4-3-5-9-12)19-18(26-15)23-10-6-7-11-23/h3-11H,2H2,1H3,(H,20,22,24). The Morgan fingerprint density at radius 2 is 1.85 bits per heavy atom. The number of aryl methyl sites for hydroxylation is 1. The first-order valence-corrected chi connectivity index (χ1v) is 9.71. The molecule has 0 spiro atoms. The molecule has 130 valence electrons. The topological polar surface area (TPSA) is 72.7 Å². The van der Waals surface area contributed by atoms with Crippen molar-refractivity contribution in [3.63, 3.8) is 0 Å². The van der Waals surface area contributed by atoms with Gasteiger partial charge in [-0.2, -0.15) is 0 Å². The monoisotopic (exact) mass is 381 g/mol. The molecule has 1 aromatic carbocycles. The number of hydrogen-bond acceptors (Lipinski definition) is 6. The van der Waals surface area contributed by atoms with Crippen LogP contribution in [0.3, 0.4) is 0 Å². The molecule has 0 radical (unpaired) electrons. The van der Waals surface area contributed by atoms with Crippen molar-refractivity contribution in [2.24, 2.45) is 0 Å². The molecule has 0 aliphatic heterocycles. The molecular formula is C18H15N5OS2. The minimum Gasteiger partial charge on any atom is -0.300 e. The highest BCUT2D eigenvalue weighted by atomic mass is 32.1. The van der Waals surface area contributed by atoms with E-state index in [-0.39, 0.29) is 5.91 Å². The van der Waals surface area contributed by atoms with Gasteiger partial charge in [0.2, 0.25) is 5.13 Å². The van der Waals surface area contributed by atoms with Gasteiger partial charge in [0.1, 0.15) is 9.88 Å². The summed E-state index contributed by atoms with van der Waals surface area (Å²) in [5, 5.41) is 13.1. The number of nitrogens with one attached hydrogen (secondary N) is 1. The lowest BCUT2D eigenvalue weighted by atomic mass is 10.1. The van der Waals surface area contributed by atoms with Crippen molar-refractivity contribution < 1.29 is 4.79 Å². The quantitative estimate of drug-likeness (QED) is 0.560. The SMILES string of the molecule is CCc1nnc(NC(=O)c2sc(-n3cccc3)nc2-c2ccccc2)s1. The van der Waals surface area contributed by atoms with Crippen LogP contribution >= 0.6 is 22.7 Å². The minimum absolute atomic E-state index is 0.224. The van der Waals surface area contributed by atoms with E-state index in [1.807, 2.05) is 66.3 Å². The van der Waals surface area contributed by atoms with E-state index >= 15 is 0 Å². The number of carbonyl (C=O) groups excluding carboxylic acids is 1. The normalized spacial score (nSPS) is 10.8. The lowest BCUT2D eigenvalue weighted by molar-refractivity contribution is 0.103. The Hall–Kier alpha value is -2.84. The zero-order valence-electron chi connectivity index (χ0n) is 13.9. The number of anilines is 1. The Bertz CT molecular complexity index is 1020. The number of hydrogen-bond donors (Lipinski definition) is 1. The van der Waals surface area contributed by atoms with Crippen LogP contribution in [0.15, 0.2) is 54.9 Å². The maximum Gasteiger partial charge on any atom is 0.269 e. The van der Waals surface area contributed by atoms with Gasteiger partial charge in [0.25, 0.3) is 5.91 Å². The van der Waals surface area contributed by atoms with Crippen molar-refractivity contribution in [3.05, 3.63) is 64.7 Å². The summed E-state index contributed by atoms with van der Waals surface area (Å²) in [5.41, 5.74) is 1.57. The van der Waals surface area contributed by atoms with Gasteiger partial charge in [0.05, 0.1) is 5.69 Å². The molecule has 0 saturated heterocycles. The Morgan fingerprint density at radius 1 is 1.08 bits per heavy atom. The van der Waals surface area contributed by atoms with Crippen LogP contribution in [0.4, 0.5) is 5.13 Å². The fourth-order valence-electron chi connectivity index (χ4n) is 2.43. The van der Waals surface area contributed by atoms with Crippen LogP contribution in [-0.4, -0.2) is 25.7 Å². The zero-order chi connectivity index (χ0) is 17.9. The maximum atomic E-state index is 12.9. The van der Waals surface area contributed by atoms with Gasteiger partial charge >= 0.3 is 0 Å². The Morgan fingerprint density at radius 3 is 2.54 bits per heavy atom.